The summed E-state index contributed by atoms with van der Waals surface area (Å²) in [7, 11) is 0. The van der Waals surface area contributed by atoms with Gasteiger partial charge >= 0.3 is 0 Å². The highest BCUT2D eigenvalue weighted by Gasteiger charge is 2.25. The molecule has 2 amide bonds. The summed E-state index contributed by atoms with van der Waals surface area (Å²) in [5.74, 6) is -0.0731. The third-order valence-corrected chi connectivity index (χ3v) is 3.93. The average Bonchev–Trinajstić information content (AvgIpc) is 2.41. The number of carbonyl (C=O) groups is 2. The van der Waals surface area contributed by atoms with Crippen LogP contribution >= 0.6 is 15.9 Å². The van der Waals surface area contributed by atoms with E-state index in [9.17, 15) is 9.59 Å². The molecular formula is C14H18BrN3O2. The normalized spacial score (nSPS) is 16.0. The second-order valence-corrected chi connectivity index (χ2v) is 5.91. The van der Waals surface area contributed by atoms with Crippen molar-refractivity contribution in [1.82, 2.24) is 10.2 Å². The molecule has 1 aromatic carbocycles. The summed E-state index contributed by atoms with van der Waals surface area (Å²) >= 11 is 3.35. The molecule has 20 heavy (non-hydrogen) atoms. The van der Waals surface area contributed by atoms with E-state index in [2.05, 4.69) is 21.2 Å². The number of nitrogen functional groups attached to an aromatic ring is 1. The van der Waals surface area contributed by atoms with Crippen LogP contribution in [-0.2, 0) is 4.79 Å². The Kier molecular flexibility index (Phi) is 4.65. The summed E-state index contributed by atoms with van der Waals surface area (Å²) in [6.07, 6.45) is 1.55. The SMILES string of the molecule is CC(=O)NC1CCN(C(=O)c2cc(Br)ccc2N)CC1. The van der Waals surface area contributed by atoms with Crippen molar-refractivity contribution in [2.24, 2.45) is 0 Å². The van der Waals surface area contributed by atoms with E-state index in [1.165, 1.54) is 6.92 Å². The average molecular weight is 340 g/mol. The Hall–Kier alpha value is -1.56. The van der Waals surface area contributed by atoms with Crippen LogP contribution in [0.5, 0.6) is 0 Å². The maximum absolute atomic E-state index is 12.4. The second-order valence-electron chi connectivity index (χ2n) is 5.00. The molecule has 0 bridgehead atoms. The molecule has 2 rings (SSSR count). The summed E-state index contributed by atoms with van der Waals surface area (Å²) in [4.78, 5) is 25.2. The van der Waals surface area contributed by atoms with Gasteiger partial charge in [-0.3, -0.25) is 9.59 Å². The van der Waals surface area contributed by atoms with Crippen LogP contribution < -0.4 is 11.1 Å². The number of hydrogen-bond acceptors (Lipinski definition) is 3. The van der Waals surface area contributed by atoms with Gasteiger partial charge in [0, 0.05) is 36.2 Å². The lowest BCUT2D eigenvalue weighted by molar-refractivity contribution is -0.119. The molecule has 6 heteroatoms. The Balaban J connectivity index is 2.01. The predicted octanol–water partition coefficient (Wildman–Crippen LogP) is 1.77. The van der Waals surface area contributed by atoms with E-state index in [0.717, 1.165) is 17.3 Å². The fraction of sp³-hybridized carbons (Fsp3) is 0.429. The molecule has 5 nitrogen and oxygen atoms in total. The molecule has 108 valence electrons. The number of nitrogens with zero attached hydrogens (tertiary/aromatic N) is 1. The number of nitrogens with two attached hydrogens (primary N) is 1. The van der Waals surface area contributed by atoms with Gasteiger partial charge in [-0.2, -0.15) is 0 Å². The third-order valence-electron chi connectivity index (χ3n) is 3.44. The molecule has 1 heterocycles. The van der Waals surface area contributed by atoms with Crippen molar-refractivity contribution in [3.8, 4) is 0 Å². The number of carbonyl (C=O) groups excluding carboxylic acids is 2. The van der Waals surface area contributed by atoms with Gasteiger partial charge in [0.05, 0.1) is 5.56 Å². The molecule has 0 atom stereocenters. The minimum atomic E-state index is -0.0509. The molecule has 3 N–H and O–H groups in total. The maximum Gasteiger partial charge on any atom is 0.255 e. The van der Waals surface area contributed by atoms with Gasteiger partial charge in [-0.15, -0.1) is 0 Å². The molecule has 1 fully saturated rings. The van der Waals surface area contributed by atoms with E-state index in [0.29, 0.717) is 24.3 Å². The van der Waals surface area contributed by atoms with Crippen molar-refractivity contribution < 1.29 is 9.59 Å². The molecule has 0 aliphatic carbocycles. The monoisotopic (exact) mass is 339 g/mol. The summed E-state index contributed by atoms with van der Waals surface area (Å²) in [5, 5.41) is 2.89. The molecule has 0 aromatic heterocycles. The lowest BCUT2D eigenvalue weighted by Gasteiger charge is -2.32. The minimum absolute atomic E-state index is 0.0222. The number of hydrogen-bond donors (Lipinski definition) is 2. The van der Waals surface area contributed by atoms with Crippen LogP contribution in [0.15, 0.2) is 22.7 Å². The first-order valence-corrected chi connectivity index (χ1v) is 7.38. The zero-order chi connectivity index (χ0) is 14.7. The largest absolute Gasteiger partial charge is 0.398 e. The molecule has 1 saturated heterocycles. The molecule has 0 saturated carbocycles. The number of halogens is 1. The van der Waals surface area contributed by atoms with E-state index in [4.69, 9.17) is 5.73 Å². The number of rotatable bonds is 2. The smallest absolute Gasteiger partial charge is 0.255 e. The van der Waals surface area contributed by atoms with Gasteiger partial charge in [-0.1, -0.05) is 15.9 Å². The van der Waals surface area contributed by atoms with Crippen LogP contribution in [-0.4, -0.2) is 35.8 Å². The summed E-state index contributed by atoms with van der Waals surface area (Å²) in [6, 6.07) is 5.45. The lowest BCUT2D eigenvalue weighted by Crippen LogP contribution is -2.46. The van der Waals surface area contributed by atoms with Crippen LogP contribution in [0.3, 0.4) is 0 Å². The third kappa shape index (κ3) is 3.50. The van der Waals surface area contributed by atoms with Crippen LogP contribution in [0.1, 0.15) is 30.1 Å². The first-order chi connectivity index (χ1) is 9.47. The van der Waals surface area contributed by atoms with Crippen LogP contribution in [0.25, 0.3) is 0 Å². The number of anilines is 1. The number of amides is 2. The second kappa shape index (κ2) is 6.26. The van der Waals surface area contributed by atoms with E-state index in [-0.39, 0.29) is 17.9 Å². The Labute approximate surface area is 126 Å². The Bertz CT molecular complexity index is 525. The minimum Gasteiger partial charge on any atom is -0.398 e. The fourth-order valence-electron chi connectivity index (χ4n) is 2.40. The first-order valence-electron chi connectivity index (χ1n) is 6.59. The van der Waals surface area contributed by atoms with Crippen LogP contribution in [0.4, 0.5) is 5.69 Å². The number of nitrogens with one attached hydrogen (secondary N) is 1. The topological polar surface area (TPSA) is 75.4 Å². The highest BCUT2D eigenvalue weighted by atomic mass is 79.9. The molecule has 1 aliphatic rings. The maximum atomic E-state index is 12.4. The zero-order valence-electron chi connectivity index (χ0n) is 11.4. The van der Waals surface area contributed by atoms with Crippen LogP contribution in [0.2, 0.25) is 0 Å². The highest BCUT2D eigenvalue weighted by Crippen LogP contribution is 2.22. The fourth-order valence-corrected chi connectivity index (χ4v) is 2.76. The summed E-state index contributed by atoms with van der Waals surface area (Å²) < 4.78 is 0.836. The molecule has 0 spiro atoms. The molecular weight excluding hydrogens is 322 g/mol. The number of piperidine rings is 1. The van der Waals surface area contributed by atoms with Gasteiger partial charge in [-0.25, -0.2) is 0 Å². The standard InChI is InChI=1S/C14H18BrN3O2/c1-9(19)17-11-4-6-18(7-5-11)14(20)12-8-10(15)2-3-13(12)16/h2-3,8,11H,4-7,16H2,1H3,(H,17,19). The van der Waals surface area contributed by atoms with Gasteiger partial charge in [0.25, 0.3) is 5.91 Å². The Morgan fingerprint density at radius 1 is 1.35 bits per heavy atom. The van der Waals surface area contributed by atoms with Gasteiger partial charge in [0.1, 0.15) is 0 Å². The van der Waals surface area contributed by atoms with E-state index < -0.39 is 0 Å². The van der Waals surface area contributed by atoms with Crippen molar-refractivity contribution in [2.45, 2.75) is 25.8 Å². The Morgan fingerprint density at radius 2 is 2.00 bits per heavy atom. The van der Waals surface area contributed by atoms with Gasteiger partial charge in [0.15, 0.2) is 0 Å². The van der Waals surface area contributed by atoms with Gasteiger partial charge < -0.3 is 16.0 Å². The van der Waals surface area contributed by atoms with Crippen molar-refractivity contribution in [2.75, 3.05) is 18.8 Å². The number of benzene rings is 1. The molecule has 0 unspecified atom stereocenters. The molecule has 1 aromatic rings. The van der Waals surface area contributed by atoms with Crippen molar-refractivity contribution in [3.05, 3.63) is 28.2 Å². The zero-order valence-corrected chi connectivity index (χ0v) is 12.9. The lowest BCUT2D eigenvalue weighted by atomic mass is 10.0. The first kappa shape index (κ1) is 14.8. The van der Waals surface area contributed by atoms with Gasteiger partial charge in [-0.05, 0) is 31.0 Å². The number of likely N-dealkylation sites (tertiary alicyclic amines) is 1. The Morgan fingerprint density at radius 3 is 2.60 bits per heavy atom. The summed E-state index contributed by atoms with van der Waals surface area (Å²) in [6.45, 7) is 2.78. The van der Waals surface area contributed by atoms with E-state index in [1.54, 1.807) is 17.0 Å². The van der Waals surface area contributed by atoms with Crippen molar-refractivity contribution in [3.63, 3.8) is 0 Å². The highest BCUT2D eigenvalue weighted by molar-refractivity contribution is 9.10. The predicted molar refractivity (Wildman–Crippen MR) is 81.3 cm³/mol. The van der Waals surface area contributed by atoms with Crippen molar-refractivity contribution >= 4 is 33.4 Å². The van der Waals surface area contributed by atoms with E-state index >= 15 is 0 Å². The van der Waals surface area contributed by atoms with Crippen molar-refractivity contribution in [1.29, 1.82) is 0 Å². The van der Waals surface area contributed by atoms with Crippen LogP contribution in [0, 0.1) is 0 Å². The molecule has 1 aliphatic heterocycles. The quantitative estimate of drug-likeness (QED) is 0.806. The van der Waals surface area contributed by atoms with E-state index in [1.807, 2.05) is 6.07 Å². The van der Waals surface area contributed by atoms with Gasteiger partial charge in [0.2, 0.25) is 5.91 Å². The molecule has 0 radical (unpaired) electrons. The summed E-state index contributed by atoms with van der Waals surface area (Å²) in [5.41, 5.74) is 6.88.